The molecule has 0 unspecified atom stereocenters. The summed E-state index contributed by atoms with van der Waals surface area (Å²) >= 11 is 0. The van der Waals surface area contributed by atoms with E-state index in [-0.39, 0.29) is 30.2 Å². The normalized spacial score (nSPS) is 16.7. The average Bonchev–Trinajstić information content (AvgIpc) is 2.43. The Kier molecular flexibility index (Phi) is 5.26. The minimum absolute atomic E-state index is 0.210. The number of ketones is 1. The molecule has 1 amide bonds. The van der Waals surface area contributed by atoms with Gasteiger partial charge >= 0.3 is 12.5 Å². The topological polar surface area (TPSA) is 55.8 Å². The lowest BCUT2D eigenvalue weighted by atomic mass is 9.72. The lowest BCUT2D eigenvalue weighted by Gasteiger charge is -2.48. The number of benzene rings is 1. The first-order valence-electron chi connectivity index (χ1n) is 8.24. The predicted octanol–water partition coefficient (Wildman–Crippen LogP) is 4.42. The van der Waals surface area contributed by atoms with Crippen LogP contribution in [0.1, 0.15) is 44.5 Å². The number of likely N-dealkylation sites (tertiary alicyclic amines) is 1. The molecule has 2 rings (SSSR count). The molecule has 1 aromatic rings. The molecule has 0 radical (unpaired) electrons. The van der Waals surface area contributed by atoms with E-state index in [0.717, 1.165) is 12.1 Å². The Hall–Kier alpha value is -2.25. The van der Waals surface area contributed by atoms with Crippen LogP contribution >= 0.6 is 0 Å². The van der Waals surface area contributed by atoms with E-state index in [0.29, 0.717) is 6.42 Å². The number of carbonyl (C=O) groups is 2. The molecule has 144 valence electrons. The van der Waals surface area contributed by atoms with Gasteiger partial charge in [-0.2, -0.15) is 0 Å². The van der Waals surface area contributed by atoms with Gasteiger partial charge in [-0.05, 0) is 51.5 Å². The van der Waals surface area contributed by atoms with E-state index >= 15 is 0 Å². The smallest absolute Gasteiger partial charge is 0.444 e. The molecule has 0 aromatic heterocycles. The summed E-state index contributed by atoms with van der Waals surface area (Å²) in [5, 5.41) is 0. The molecule has 0 spiro atoms. The van der Waals surface area contributed by atoms with Crippen LogP contribution in [0.4, 0.5) is 18.0 Å². The van der Waals surface area contributed by atoms with E-state index in [1.165, 1.54) is 17.0 Å². The Morgan fingerprint density at radius 1 is 1.12 bits per heavy atom. The van der Waals surface area contributed by atoms with E-state index in [9.17, 15) is 22.8 Å². The molecule has 0 N–H and O–H groups in total. The van der Waals surface area contributed by atoms with Crippen molar-refractivity contribution in [3.8, 4) is 5.75 Å². The molecule has 0 bridgehead atoms. The summed E-state index contributed by atoms with van der Waals surface area (Å²) < 4.78 is 45.7. The SMILES string of the molecule is CCC1(C(=O)c2ccc(OC(F)(F)F)cc2)CN(C(=O)OC(C)(C)C)C1. The van der Waals surface area contributed by atoms with Crippen molar-refractivity contribution in [1.29, 1.82) is 0 Å². The highest BCUT2D eigenvalue weighted by Gasteiger charge is 2.50. The molecule has 0 atom stereocenters. The molecule has 0 aliphatic carbocycles. The standard InChI is InChI=1S/C18H22F3NO4/c1-5-17(10-22(11-17)15(24)26-16(2,3)4)14(23)12-6-8-13(9-7-12)25-18(19,20)21/h6-9H,5,10-11H2,1-4H3. The Labute approximate surface area is 150 Å². The second-order valence-corrected chi connectivity index (χ2v) is 7.37. The summed E-state index contributed by atoms with van der Waals surface area (Å²) in [5.74, 6) is -0.595. The van der Waals surface area contributed by atoms with Crippen LogP contribution in [-0.2, 0) is 4.74 Å². The molecule has 8 heteroatoms. The van der Waals surface area contributed by atoms with Crippen LogP contribution < -0.4 is 4.74 Å². The van der Waals surface area contributed by atoms with E-state index in [2.05, 4.69) is 4.74 Å². The average molecular weight is 373 g/mol. The van der Waals surface area contributed by atoms with E-state index in [1.807, 2.05) is 6.92 Å². The van der Waals surface area contributed by atoms with Crippen molar-refractivity contribution < 1.29 is 32.2 Å². The van der Waals surface area contributed by atoms with E-state index in [1.54, 1.807) is 20.8 Å². The number of carbonyl (C=O) groups excluding carboxylic acids is 2. The summed E-state index contributed by atoms with van der Waals surface area (Å²) in [4.78, 5) is 26.3. The summed E-state index contributed by atoms with van der Waals surface area (Å²) in [5.41, 5.74) is -1.09. The van der Waals surface area contributed by atoms with Crippen LogP contribution in [0, 0.1) is 5.41 Å². The highest BCUT2D eigenvalue weighted by atomic mass is 19.4. The van der Waals surface area contributed by atoms with Gasteiger partial charge in [-0.15, -0.1) is 13.2 Å². The molecular formula is C18H22F3NO4. The molecule has 0 saturated carbocycles. The van der Waals surface area contributed by atoms with Crippen molar-refractivity contribution in [2.75, 3.05) is 13.1 Å². The third-order valence-corrected chi connectivity index (χ3v) is 4.15. The molecule has 1 fully saturated rings. The van der Waals surface area contributed by atoms with Gasteiger partial charge in [0.2, 0.25) is 0 Å². The molecule has 1 heterocycles. The summed E-state index contributed by atoms with van der Waals surface area (Å²) in [6.45, 7) is 7.55. The fourth-order valence-corrected chi connectivity index (χ4v) is 2.78. The quantitative estimate of drug-likeness (QED) is 0.734. The highest BCUT2D eigenvalue weighted by molar-refractivity contribution is 6.02. The maximum absolute atomic E-state index is 12.8. The van der Waals surface area contributed by atoms with Crippen LogP contribution in [0.3, 0.4) is 0 Å². The Bertz CT molecular complexity index is 671. The zero-order chi connectivity index (χ0) is 19.8. The van der Waals surface area contributed by atoms with Gasteiger partial charge in [0.05, 0.1) is 5.41 Å². The second-order valence-electron chi connectivity index (χ2n) is 7.37. The molecule has 1 saturated heterocycles. The van der Waals surface area contributed by atoms with Gasteiger partial charge in [0.25, 0.3) is 0 Å². The molecule has 26 heavy (non-hydrogen) atoms. The van der Waals surface area contributed by atoms with E-state index in [4.69, 9.17) is 4.74 Å². The molecule has 1 aromatic carbocycles. The monoisotopic (exact) mass is 373 g/mol. The van der Waals surface area contributed by atoms with Crippen molar-refractivity contribution >= 4 is 11.9 Å². The molecule has 5 nitrogen and oxygen atoms in total. The van der Waals surface area contributed by atoms with Crippen LogP contribution in [0.2, 0.25) is 0 Å². The summed E-state index contributed by atoms with van der Waals surface area (Å²) in [6, 6.07) is 4.82. The van der Waals surface area contributed by atoms with Crippen molar-refractivity contribution in [1.82, 2.24) is 4.90 Å². The third-order valence-electron chi connectivity index (χ3n) is 4.15. The fraction of sp³-hybridized carbons (Fsp3) is 0.556. The number of amides is 1. The largest absolute Gasteiger partial charge is 0.573 e. The molecule has 1 aliphatic heterocycles. The van der Waals surface area contributed by atoms with Crippen LogP contribution in [0.5, 0.6) is 5.75 Å². The summed E-state index contributed by atoms with van der Waals surface area (Å²) in [6.07, 6.45) is -4.76. The predicted molar refractivity (Wildman–Crippen MR) is 88.0 cm³/mol. The number of alkyl halides is 3. The van der Waals surface area contributed by atoms with Gasteiger partial charge < -0.3 is 14.4 Å². The van der Waals surface area contributed by atoms with Gasteiger partial charge in [0, 0.05) is 18.7 Å². The second kappa shape index (κ2) is 6.81. The lowest BCUT2D eigenvalue weighted by molar-refractivity contribution is -0.274. The Balaban J connectivity index is 2.05. The van der Waals surface area contributed by atoms with Crippen molar-refractivity contribution in [3.63, 3.8) is 0 Å². The highest BCUT2D eigenvalue weighted by Crippen LogP contribution is 2.38. The number of hydrogen-bond donors (Lipinski definition) is 0. The number of halogens is 3. The van der Waals surface area contributed by atoms with Gasteiger partial charge in [0.15, 0.2) is 5.78 Å². The van der Waals surface area contributed by atoms with Gasteiger partial charge in [-0.3, -0.25) is 4.79 Å². The van der Waals surface area contributed by atoms with Crippen molar-refractivity contribution in [2.45, 2.75) is 46.1 Å². The first-order valence-corrected chi connectivity index (χ1v) is 8.24. The minimum Gasteiger partial charge on any atom is -0.444 e. The third kappa shape index (κ3) is 4.68. The first-order chi connectivity index (χ1) is 11.9. The van der Waals surface area contributed by atoms with Crippen molar-refractivity contribution in [2.24, 2.45) is 5.41 Å². The van der Waals surface area contributed by atoms with Gasteiger partial charge in [-0.1, -0.05) is 6.92 Å². The van der Waals surface area contributed by atoms with Gasteiger partial charge in [-0.25, -0.2) is 4.79 Å². The summed E-state index contributed by atoms with van der Waals surface area (Å²) in [7, 11) is 0. The molecular weight excluding hydrogens is 351 g/mol. The number of rotatable bonds is 4. The Morgan fingerprint density at radius 2 is 1.65 bits per heavy atom. The number of hydrogen-bond acceptors (Lipinski definition) is 4. The number of Topliss-reactive ketones (excluding diaryl/α,β-unsaturated/α-hetero) is 1. The minimum atomic E-state index is -4.78. The van der Waals surface area contributed by atoms with Crippen molar-refractivity contribution in [3.05, 3.63) is 29.8 Å². The van der Waals surface area contributed by atoms with Crippen LogP contribution in [0.15, 0.2) is 24.3 Å². The maximum Gasteiger partial charge on any atom is 0.573 e. The van der Waals surface area contributed by atoms with Crippen LogP contribution in [0.25, 0.3) is 0 Å². The zero-order valence-electron chi connectivity index (χ0n) is 15.1. The van der Waals surface area contributed by atoms with E-state index < -0.39 is 23.5 Å². The maximum atomic E-state index is 12.8. The van der Waals surface area contributed by atoms with Crippen LogP contribution in [-0.4, -0.2) is 41.8 Å². The number of ether oxygens (including phenoxy) is 2. The van der Waals surface area contributed by atoms with Gasteiger partial charge in [0.1, 0.15) is 11.4 Å². The Morgan fingerprint density at radius 3 is 2.08 bits per heavy atom. The lowest BCUT2D eigenvalue weighted by Crippen LogP contribution is -2.62. The number of nitrogens with zero attached hydrogens (tertiary/aromatic N) is 1. The fourth-order valence-electron chi connectivity index (χ4n) is 2.78. The first kappa shape index (κ1) is 20.1. The molecule has 1 aliphatic rings. The zero-order valence-corrected chi connectivity index (χ0v) is 15.1.